The molecule has 24 heavy (non-hydrogen) atoms. The summed E-state index contributed by atoms with van der Waals surface area (Å²) in [7, 11) is 0. The van der Waals surface area contributed by atoms with Crippen molar-refractivity contribution < 1.29 is 0 Å². The smallest absolute Gasteiger partial charge is 0.0450 e. The van der Waals surface area contributed by atoms with E-state index < -0.39 is 0 Å². The summed E-state index contributed by atoms with van der Waals surface area (Å²) in [5.74, 6) is 0. The van der Waals surface area contributed by atoms with Crippen molar-refractivity contribution in [2.75, 3.05) is 0 Å². The van der Waals surface area contributed by atoms with Crippen molar-refractivity contribution in [3.63, 3.8) is 0 Å². The summed E-state index contributed by atoms with van der Waals surface area (Å²) in [5.41, 5.74) is 2.66. The highest BCUT2D eigenvalue weighted by molar-refractivity contribution is 14.1. The molecule has 2 heteroatoms. The van der Waals surface area contributed by atoms with Crippen molar-refractivity contribution in [1.29, 1.82) is 0 Å². The van der Waals surface area contributed by atoms with Crippen LogP contribution in [0.5, 0.6) is 0 Å². The van der Waals surface area contributed by atoms with Crippen molar-refractivity contribution in [3.05, 3.63) is 82.4 Å². The third kappa shape index (κ3) is 2.03. The van der Waals surface area contributed by atoms with Crippen LogP contribution in [0.3, 0.4) is 0 Å². The van der Waals surface area contributed by atoms with Crippen LogP contribution in [0, 0.1) is 3.57 Å². The molecule has 0 spiro atoms. The van der Waals surface area contributed by atoms with Gasteiger partial charge in [0, 0.05) is 29.3 Å². The molecular formula is C22H13IS. The largest absolute Gasteiger partial charge is 0.134 e. The zero-order chi connectivity index (χ0) is 16.1. The first-order chi connectivity index (χ1) is 11.8. The van der Waals surface area contributed by atoms with Gasteiger partial charge in [-0.3, -0.25) is 0 Å². The SMILES string of the molecule is Ic1c(-c2ccccc2)c2sc3ccccc3c2c2ccccc12. The number of benzene rings is 4. The van der Waals surface area contributed by atoms with Gasteiger partial charge in [0.25, 0.3) is 0 Å². The molecule has 0 bridgehead atoms. The Balaban J connectivity index is 2.10. The number of fused-ring (bicyclic) bond motifs is 5. The van der Waals surface area contributed by atoms with Gasteiger partial charge in [-0.05, 0) is 45.0 Å². The van der Waals surface area contributed by atoms with Crippen molar-refractivity contribution in [2.45, 2.75) is 0 Å². The molecule has 0 aliphatic carbocycles. The molecule has 0 saturated heterocycles. The molecule has 0 unspecified atom stereocenters. The van der Waals surface area contributed by atoms with Gasteiger partial charge in [-0.25, -0.2) is 0 Å². The maximum atomic E-state index is 2.52. The van der Waals surface area contributed by atoms with Crippen LogP contribution in [-0.4, -0.2) is 0 Å². The fourth-order valence-electron chi connectivity index (χ4n) is 3.48. The van der Waals surface area contributed by atoms with E-state index in [0.29, 0.717) is 0 Å². The van der Waals surface area contributed by atoms with Gasteiger partial charge in [-0.2, -0.15) is 0 Å². The minimum Gasteiger partial charge on any atom is -0.134 e. The third-order valence-corrected chi connectivity index (χ3v) is 6.85. The second-order valence-electron chi connectivity index (χ2n) is 5.90. The van der Waals surface area contributed by atoms with E-state index in [4.69, 9.17) is 0 Å². The average molecular weight is 436 g/mol. The molecule has 1 heterocycles. The number of hydrogen-bond donors (Lipinski definition) is 0. The van der Waals surface area contributed by atoms with Crippen LogP contribution in [0.1, 0.15) is 0 Å². The molecular weight excluding hydrogens is 423 g/mol. The first-order valence-electron chi connectivity index (χ1n) is 7.91. The van der Waals surface area contributed by atoms with E-state index in [1.54, 1.807) is 0 Å². The fraction of sp³-hybridized carbons (Fsp3) is 0. The van der Waals surface area contributed by atoms with E-state index in [2.05, 4.69) is 101 Å². The van der Waals surface area contributed by atoms with E-state index >= 15 is 0 Å². The quantitative estimate of drug-likeness (QED) is 0.239. The zero-order valence-corrected chi connectivity index (χ0v) is 15.8. The second kappa shape index (κ2) is 5.57. The van der Waals surface area contributed by atoms with Gasteiger partial charge in [0.15, 0.2) is 0 Å². The van der Waals surface area contributed by atoms with E-state index in [9.17, 15) is 0 Å². The molecule has 0 nitrogen and oxygen atoms in total. The predicted octanol–water partition coefficient (Wildman–Crippen LogP) is 7.48. The van der Waals surface area contributed by atoms with Gasteiger partial charge in [0.1, 0.15) is 0 Å². The number of thiophene rings is 1. The van der Waals surface area contributed by atoms with Crippen molar-refractivity contribution >= 4 is 64.9 Å². The molecule has 5 aromatic rings. The Morgan fingerprint density at radius 3 is 2.04 bits per heavy atom. The van der Waals surface area contributed by atoms with Crippen molar-refractivity contribution in [3.8, 4) is 11.1 Å². The molecule has 0 radical (unpaired) electrons. The molecule has 0 fully saturated rings. The molecule has 0 atom stereocenters. The summed E-state index contributed by atoms with van der Waals surface area (Å²) in [6.45, 7) is 0. The molecule has 0 amide bonds. The monoisotopic (exact) mass is 436 g/mol. The van der Waals surface area contributed by atoms with Crippen LogP contribution in [0.25, 0.3) is 42.1 Å². The predicted molar refractivity (Wildman–Crippen MR) is 115 cm³/mol. The van der Waals surface area contributed by atoms with E-state index in [1.165, 1.54) is 45.6 Å². The maximum absolute atomic E-state index is 2.52. The summed E-state index contributed by atoms with van der Waals surface area (Å²) < 4.78 is 4.09. The van der Waals surface area contributed by atoms with Gasteiger partial charge < -0.3 is 0 Å². The molecule has 4 aromatic carbocycles. The van der Waals surface area contributed by atoms with Crippen LogP contribution >= 0.6 is 33.9 Å². The van der Waals surface area contributed by atoms with Gasteiger partial charge >= 0.3 is 0 Å². The van der Waals surface area contributed by atoms with Gasteiger partial charge in [-0.15, -0.1) is 11.3 Å². The van der Waals surface area contributed by atoms with E-state index in [1.807, 2.05) is 11.3 Å². The van der Waals surface area contributed by atoms with E-state index in [0.717, 1.165) is 0 Å². The van der Waals surface area contributed by atoms with Gasteiger partial charge in [0.2, 0.25) is 0 Å². The molecule has 5 rings (SSSR count). The Morgan fingerprint density at radius 1 is 0.625 bits per heavy atom. The lowest BCUT2D eigenvalue weighted by Crippen LogP contribution is -1.87. The van der Waals surface area contributed by atoms with Gasteiger partial charge in [0.05, 0.1) is 0 Å². The lowest BCUT2D eigenvalue weighted by atomic mass is 9.97. The molecule has 114 valence electrons. The summed E-state index contributed by atoms with van der Waals surface area (Å²) in [6.07, 6.45) is 0. The van der Waals surface area contributed by atoms with E-state index in [-0.39, 0.29) is 0 Å². The molecule has 0 aliphatic heterocycles. The van der Waals surface area contributed by atoms with Crippen LogP contribution in [0.4, 0.5) is 0 Å². The van der Waals surface area contributed by atoms with Crippen molar-refractivity contribution in [2.24, 2.45) is 0 Å². The zero-order valence-electron chi connectivity index (χ0n) is 12.8. The Labute approximate surface area is 157 Å². The molecule has 0 aliphatic rings. The standard InChI is InChI=1S/C22H13IS/c23-21-16-11-5-4-10-15(16)20-17-12-6-7-13-18(17)24-22(20)19(21)14-8-2-1-3-9-14/h1-13H. The average Bonchev–Trinajstić information content (AvgIpc) is 3.02. The van der Waals surface area contributed by atoms with Crippen LogP contribution in [0.2, 0.25) is 0 Å². The summed E-state index contributed by atoms with van der Waals surface area (Å²) in [5, 5.41) is 5.45. The molecule has 0 saturated carbocycles. The van der Waals surface area contributed by atoms with Crippen LogP contribution in [0.15, 0.2) is 78.9 Å². The highest BCUT2D eigenvalue weighted by Gasteiger charge is 2.17. The van der Waals surface area contributed by atoms with Crippen LogP contribution in [-0.2, 0) is 0 Å². The topological polar surface area (TPSA) is 0 Å². The summed E-state index contributed by atoms with van der Waals surface area (Å²) in [4.78, 5) is 0. The Bertz CT molecular complexity index is 1200. The highest BCUT2D eigenvalue weighted by Crippen LogP contribution is 2.46. The van der Waals surface area contributed by atoms with Crippen molar-refractivity contribution in [1.82, 2.24) is 0 Å². The second-order valence-corrected chi connectivity index (χ2v) is 8.03. The fourth-order valence-corrected chi connectivity index (χ4v) is 6.00. The minimum absolute atomic E-state index is 1.30. The normalized spacial score (nSPS) is 11.5. The number of rotatable bonds is 1. The summed E-state index contributed by atoms with van der Waals surface area (Å²) in [6, 6.07) is 28.3. The summed E-state index contributed by atoms with van der Waals surface area (Å²) >= 11 is 4.43. The molecule has 1 aromatic heterocycles. The number of hydrogen-bond acceptors (Lipinski definition) is 1. The highest BCUT2D eigenvalue weighted by atomic mass is 127. The Hall–Kier alpha value is -1.91. The Kier molecular flexibility index (Phi) is 3.35. The lowest BCUT2D eigenvalue weighted by Gasteiger charge is -2.11. The molecule has 0 N–H and O–H groups in total. The Morgan fingerprint density at radius 2 is 1.25 bits per heavy atom. The minimum atomic E-state index is 1.30. The lowest BCUT2D eigenvalue weighted by molar-refractivity contribution is 1.66. The number of halogens is 1. The maximum Gasteiger partial charge on any atom is 0.0450 e. The third-order valence-electron chi connectivity index (χ3n) is 4.54. The first kappa shape index (κ1) is 14.4. The van der Waals surface area contributed by atoms with Gasteiger partial charge in [-0.1, -0.05) is 72.8 Å². The van der Waals surface area contributed by atoms with Crippen LogP contribution < -0.4 is 0 Å². The first-order valence-corrected chi connectivity index (χ1v) is 9.81.